The molecule has 3 N–H and O–H groups in total. The quantitative estimate of drug-likeness (QED) is 0.700. The molecule has 2 atom stereocenters. The maximum absolute atomic E-state index is 11.8. The molecule has 21 heavy (non-hydrogen) atoms. The molecule has 0 aliphatic heterocycles. The zero-order chi connectivity index (χ0) is 15.2. The van der Waals surface area contributed by atoms with Gasteiger partial charge in [-0.25, -0.2) is 9.78 Å². The van der Waals surface area contributed by atoms with E-state index in [0.29, 0.717) is 18.8 Å². The van der Waals surface area contributed by atoms with E-state index in [2.05, 4.69) is 15.6 Å². The number of carboxylic acid groups (broad SMARTS) is 1. The maximum atomic E-state index is 11.8. The van der Waals surface area contributed by atoms with Crippen molar-refractivity contribution in [3.63, 3.8) is 0 Å². The maximum Gasteiger partial charge on any atom is 0.315 e. The Bertz CT molecular complexity index is 559. The fourth-order valence-electron chi connectivity index (χ4n) is 2.06. The molecule has 1 heterocycles. The molecule has 1 aliphatic rings. The average Bonchev–Trinajstić information content (AvgIpc) is 2.94. The molecule has 0 aromatic carbocycles. The zero-order valence-electron chi connectivity index (χ0n) is 11.6. The van der Waals surface area contributed by atoms with Gasteiger partial charge < -0.3 is 20.5 Å². The molecular formula is C14H17N3O4. The molecule has 7 heteroatoms. The summed E-state index contributed by atoms with van der Waals surface area (Å²) in [6.45, 7) is 0.337. The smallest absolute Gasteiger partial charge is 0.315 e. The van der Waals surface area contributed by atoms with Crippen LogP contribution < -0.4 is 15.4 Å². The van der Waals surface area contributed by atoms with Gasteiger partial charge in [0.25, 0.3) is 0 Å². The van der Waals surface area contributed by atoms with Crippen LogP contribution >= 0.6 is 0 Å². The highest BCUT2D eigenvalue weighted by Gasteiger charge is 2.25. The lowest BCUT2D eigenvalue weighted by Crippen LogP contribution is -2.40. The van der Waals surface area contributed by atoms with Crippen LogP contribution in [0.15, 0.2) is 30.5 Å². The second kappa shape index (κ2) is 6.74. The average molecular weight is 291 g/mol. The third kappa shape index (κ3) is 4.20. The van der Waals surface area contributed by atoms with E-state index in [4.69, 9.17) is 9.84 Å². The molecule has 112 valence electrons. The van der Waals surface area contributed by atoms with E-state index in [-0.39, 0.29) is 12.1 Å². The minimum absolute atomic E-state index is 0.252. The summed E-state index contributed by atoms with van der Waals surface area (Å²) in [5.41, 5.74) is 0.863. The topological polar surface area (TPSA) is 101 Å². The van der Waals surface area contributed by atoms with E-state index < -0.39 is 11.9 Å². The Morgan fingerprint density at radius 2 is 2.29 bits per heavy atom. The molecule has 0 saturated heterocycles. The number of aromatic nitrogens is 1. The van der Waals surface area contributed by atoms with Gasteiger partial charge in [0, 0.05) is 18.8 Å². The van der Waals surface area contributed by atoms with Gasteiger partial charge in [-0.3, -0.25) is 4.79 Å². The monoisotopic (exact) mass is 291 g/mol. The fourth-order valence-corrected chi connectivity index (χ4v) is 2.06. The number of hydrogen-bond donors (Lipinski definition) is 3. The first-order valence-corrected chi connectivity index (χ1v) is 6.53. The molecule has 1 aromatic rings. The third-order valence-electron chi connectivity index (χ3n) is 3.18. The largest absolute Gasteiger partial charge is 0.481 e. The first kappa shape index (κ1) is 14.8. The highest BCUT2D eigenvalue weighted by Crippen LogP contribution is 2.17. The van der Waals surface area contributed by atoms with Gasteiger partial charge in [0.05, 0.1) is 19.1 Å². The van der Waals surface area contributed by atoms with Crippen LogP contribution in [0.3, 0.4) is 0 Å². The standard InChI is InChI=1S/C14H17N3O4/c1-21-12-6-9(4-5-15-12)8-16-14(20)17-11-3-2-10(7-11)13(18)19/h2-6,10-11H,7-8H2,1H3,(H,18,19)(H2,16,17,20). The van der Waals surface area contributed by atoms with Crippen molar-refractivity contribution >= 4 is 12.0 Å². The number of carboxylic acids is 1. The fraction of sp³-hybridized carbons (Fsp3) is 0.357. The van der Waals surface area contributed by atoms with Crippen LogP contribution in [-0.2, 0) is 11.3 Å². The predicted octanol–water partition coefficient (Wildman–Crippen LogP) is 0.919. The van der Waals surface area contributed by atoms with Gasteiger partial charge in [0.1, 0.15) is 0 Å². The van der Waals surface area contributed by atoms with Crippen LogP contribution in [0, 0.1) is 5.92 Å². The van der Waals surface area contributed by atoms with Crippen LogP contribution in [0.5, 0.6) is 5.88 Å². The zero-order valence-corrected chi connectivity index (χ0v) is 11.6. The molecule has 0 saturated carbocycles. The van der Waals surface area contributed by atoms with Gasteiger partial charge >= 0.3 is 12.0 Å². The minimum atomic E-state index is -0.875. The number of urea groups is 1. The summed E-state index contributed by atoms with van der Waals surface area (Å²) >= 11 is 0. The van der Waals surface area contributed by atoms with Gasteiger partial charge in [0.15, 0.2) is 0 Å². The normalized spacial score (nSPS) is 20.0. The van der Waals surface area contributed by atoms with E-state index in [1.165, 1.54) is 7.11 Å². The number of nitrogens with zero attached hydrogens (tertiary/aromatic N) is 1. The summed E-state index contributed by atoms with van der Waals surface area (Å²) in [4.78, 5) is 26.5. The number of methoxy groups -OCH3 is 1. The van der Waals surface area contributed by atoms with E-state index in [1.807, 2.05) is 0 Å². The summed E-state index contributed by atoms with van der Waals surface area (Å²) in [6.07, 6.45) is 5.28. The molecular weight excluding hydrogens is 274 g/mol. The summed E-state index contributed by atoms with van der Waals surface area (Å²) in [5.74, 6) is -0.919. The number of nitrogens with one attached hydrogen (secondary N) is 2. The minimum Gasteiger partial charge on any atom is -0.481 e. The van der Waals surface area contributed by atoms with E-state index in [0.717, 1.165) is 5.56 Å². The summed E-state index contributed by atoms with van der Waals surface area (Å²) in [7, 11) is 1.53. The van der Waals surface area contributed by atoms with Gasteiger partial charge in [-0.2, -0.15) is 0 Å². The Morgan fingerprint density at radius 3 is 2.95 bits per heavy atom. The van der Waals surface area contributed by atoms with Crippen LogP contribution in [0.2, 0.25) is 0 Å². The number of carbonyl (C=O) groups excluding carboxylic acids is 1. The SMILES string of the molecule is COc1cc(CNC(=O)NC2C=CC(C(=O)O)C2)ccn1. The number of ether oxygens (including phenoxy) is 1. The number of rotatable bonds is 5. The Balaban J connectivity index is 1.78. The Kier molecular flexibility index (Phi) is 4.76. The Labute approximate surface area is 122 Å². The van der Waals surface area contributed by atoms with E-state index >= 15 is 0 Å². The molecule has 0 bridgehead atoms. The van der Waals surface area contributed by atoms with Crippen molar-refractivity contribution < 1.29 is 19.4 Å². The first-order chi connectivity index (χ1) is 10.1. The van der Waals surface area contributed by atoms with E-state index in [1.54, 1.807) is 30.5 Å². The van der Waals surface area contributed by atoms with Gasteiger partial charge in [-0.15, -0.1) is 0 Å². The van der Waals surface area contributed by atoms with Gasteiger partial charge in [-0.05, 0) is 18.1 Å². The molecule has 1 aliphatic carbocycles. The van der Waals surface area contributed by atoms with Crippen molar-refractivity contribution in [1.82, 2.24) is 15.6 Å². The number of amides is 2. The number of hydrogen-bond acceptors (Lipinski definition) is 4. The molecule has 7 nitrogen and oxygen atoms in total. The third-order valence-corrected chi connectivity index (χ3v) is 3.18. The van der Waals surface area contributed by atoms with Crippen LogP contribution in [0.25, 0.3) is 0 Å². The van der Waals surface area contributed by atoms with Crippen molar-refractivity contribution in [2.24, 2.45) is 5.92 Å². The van der Waals surface area contributed by atoms with Gasteiger partial charge in [-0.1, -0.05) is 12.2 Å². The number of carbonyl (C=O) groups is 2. The van der Waals surface area contributed by atoms with Crippen LogP contribution in [0.1, 0.15) is 12.0 Å². The lowest BCUT2D eigenvalue weighted by molar-refractivity contribution is -0.140. The lowest BCUT2D eigenvalue weighted by Gasteiger charge is -2.13. The van der Waals surface area contributed by atoms with Crippen molar-refractivity contribution in [2.45, 2.75) is 19.0 Å². The summed E-state index contributed by atoms with van der Waals surface area (Å²) in [5, 5.41) is 14.3. The Morgan fingerprint density at radius 1 is 1.48 bits per heavy atom. The second-order valence-electron chi connectivity index (χ2n) is 4.71. The van der Waals surface area contributed by atoms with Crippen LogP contribution in [0.4, 0.5) is 4.79 Å². The number of pyridine rings is 1. The molecule has 0 radical (unpaired) electrons. The molecule has 0 fully saturated rings. The van der Waals surface area contributed by atoms with Crippen LogP contribution in [-0.4, -0.2) is 35.2 Å². The van der Waals surface area contributed by atoms with Gasteiger partial charge in [0.2, 0.25) is 5.88 Å². The lowest BCUT2D eigenvalue weighted by atomic mass is 10.1. The second-order valence-corrected chi connectivity index (χ2v) is 4.71. The summed E-state index contributed by atoms with van der Waals surface area (Å²) in [6, 6.07) is 2.92. The Hall–Kier alpha value is -2.57. The molecule has 2 rings (SSSR count). The molecule has 0 spiro atoms. The highest BCUT2D eigenvalue weighted by atomic mass is 16.5. The van der Waals surface area contributed by atoms with Crippen molar-refractivity contribution in [3.05, 3.63) is 36.0 Å². The van der Waals surface area contributed by atoms with Crippen molar-refractivity contribution in [2.75, 3.05) is 7.11 Å². The number of aliphatic carboxylic acids is 1. The molecule has 2 amide bonds. The predicted molar refractivity (Wildman–Crippen MR) is 74.8 cm³/mol. The van der Waals surface area contributed by atoms with E-state index in [9.17, 15) is 9.59 Å². The highest BCUT2D eigenvalue weighted by molar-refractivity contribution is 5.76. The van der Waals surface area contributed by atoms with Crippen molar-refractivity contribution in [1.29, 1.82) is 0 Å². The molecule has 2 unspecified atom stereocenters. The molecule has 1 aromatic heterocycles. The summed E-state index contributed by atoms with van der Waals surface area (Å²) < 4.78 is 5.00. The first-order valence-electron chi connectivity index (χ1n) is 6.53. The van der Waals surface area contributed by atoms with Crippen molar-refractivity contribution in [3.8, 4) is 5.88 Å².